The van der Waals surface area contributed by atoms with Gasteiger partial charge in [0.15, 0.2) is 0 Å². The molecule has 100 valence electrons. The quantitative estimate of drug-likeness (QED) is 0.868. The van der Waals surface area contributed by atoms with E-state index >= 15 is 0 Å². The van der Waals surface area contributed by atoms with Gasteiger partial charge in [0.05, 0.1) is 11.8 Å². The third-order valence-electron chi connectivity index (χ3n) is 2.79. The Morgan fingerprint density at radius 2 is 2.17 bits per heavy atom. The van der Waals surface area contributed by atoms with E-state index < -0.39 is 5.82 Å². The van der Waals surface area contributed by atoms with Crippen LogP contribution in [0, 0.1) is 11.2 Å². The smallest absolute Gasteiger partial charge is 0.255 e. The number of hydrogen-bond acceptors (Lipinski definition) is 3. The van der Waals surface area contributed by atoms with Crippen molar-refractivity contribution in [1.29, 1.82) is 0 Å². The first kappa shape index (κ1) is 14.6. The lowest BCUT2D eigenvalue weighted by atomic mass is 9.93. The van der Waals surface area contributed by atoms with Crippen LogP contribution in [0.1, 0.15) is 31.1 Å². The van der Waals surface area contributed by atoms with Crippen LogP contribution >= 0.6 is 0 Å². The zero-order valence-electron chi connectivity index (χ0n) is 11.1. The van der Waals surface area contributed by atoms with Crippen molar-refractivity contribution in [3.8, 4) is 0 Å². The number of amides is 1. The number of aromatic nitrogens is 1. The highest BCUT2D eigenvalue weighted by atomic mass is 19.1. The van der Waals surface area contributed by atoms with E-state index in [1.54, 1.807) is 4.90 Å². The minimum absolute atomic E-state index is 0.160. The number of nitrogens with two attached hydrogens (primary N) is 1. The third kappa shape index (κ3) is 3.77. The number of carbonyl (C=O) groups excluding carboxylic acids is 1. The van der Waals surface area contributed by atoms with Gasteiger partial charge in [-0.15, -0.1) is 0 Å². The molecule has 0 saturated heterocycles. The molecule has 0 aliphatic rings. The van der Waals surface area contributed by atoms with Gasteiger partial charge < -0.3 is 10.6 Å². The molecule has 4 nitrogen and oxygen atoms in total. The second-order valence-corrected chi connectivity index (χ2v) is 5.08. The van der Waals surface area contributed by atoms with Gasteiger partial charge in [-0.2, -0.15) is 0 Å². The van der Waals surface area contributed by atoms with E-state index in [1.807, 2.05) is 20.8 Å². The summed E-state index contributed by atoms with van der Waals surface area (Å²) in [4.78, 5) is 17.5. The third-order valence-corrected chi connectivity index (χ3v) is 2.79. The molecule has 0 radical (unpaired) electrons. The molecular weight excluding hydrogens is 233 g/mol. The van der Waals surface area contributed by atoms with Crippen LogP contribution in [-0.2, 0) is 0 Å². The van der Waals surface area contributed by atoms with Crippen molar-refractivity contribution in [2.75, 3.05) is 19.6 Å². The van der Waals surface area contributed by atoms with E-state index in [0.717, 1.165) is 6.20 Å². The highest BCUT2D eigenvalue weighted by Crippen LogP contribution is 2.16. The highest BCUT2D eigenvalue weighted by molar-refractivity contribution is 5.93. The van der Waals surface area contributed by atoms with Crippen molar-refractivity contribution < 1.29 is 9.18 Å². The summed E-state index contributed by atoms with van der Waals surface area (Å²) >= 11 is 0. The molecule has 5 heteroatoms. The minimum atomic E-state index is -0.505. The largest absolute Gasteiger partial charge is 0.338 e. The Kier molecular flexibility index (Phi) is 4.78. The molecule has 0 bridgehead atoms. The Balaban J connectivity index is 2.86. The van der Waals surface area contributed by atoms with Gasteiger partial charge in [0.2, 0.25) is 0 Å². The molecule has 0 saturated carbocycles. The molecule has 0 spiro atoms. The standard InChI is InChI=1S/C13H20FN3O/c1-4-17(9-13(2,3)8-15)12(18)10-5-11(14)7-16-6-10/h5-7H,4,8-9,15H2,1-3H3. The van der Waals surface area contributed by atoms with Crippen LogP contribution in [0.15, 0.2) is 18.5 Å². The first-order valence-electron chi connectivity index (χ1n) is 5.99. The molecular formula is C13H20FN3O. The molecule has 0 aromatic carbocycles. The summed E-state index contributed by atoms with van der Waals surface area (Å²) in [5.41, 5.74) is 5.77. The Labute approximate surface area is 107 Å². The summed E-state index contributed by atoms with van der Waals surface area (Å²) in [6.45, 7) is 7.45. The van der Waals surface area contributed by atoms with Crippen LogP contribution in [0.4, 0.5) is 4.39 Å². The van der Waals surface area contributed by atoms with Crippen LogP contribution in [0.2, 0.25) is 0 Å². The Morgan fingerprint density at radius 1 is 1.50 bits per heavy atom. The maximum Gasteiger partial charge on any atom is 0.255 e. The van der Waals surface area contributed by atoms with E-state index in [4.69, 9.17) is 5.73 Å². The molecule has 1 heterocycles. The molecule has 0 atom stereocenters. The fraction of sp³-hybridized carbons (Fsp3) is 0.538. The van der Waals surface area contributed by atoms with Gasteiger partial charge in [-0.1, -0.05) is 13.8 Å². The van der Waals surface area contributed by atoms with Crippen LogP contribution in [0.25, 0.3) is 0 Å². The van der Waals surface area contributed by atoms with Crippen LogP contribution in [0.3, 0.4) is 0 Å². The van der Waals surface area contributed by atoms with Crippen LogP contribution < -0.4 is 5.73 Å². The molecule has 18 heavy (non-hydrogen) atoms. The van der Waals surface area contributed by atoms with Gasteiger partial charge in [-0.05, 0) is 24.9 Å². The second kappa shape index (κ2) is 5.91. The average Bonchev–Trinajstić information content (AvgIpc) is 2.35. The van der Waals surface area contributed by atoms with Gasteiger partial charge in [-0.25, -0.2) is 4.39 Å². The average molecular weight is 253 g/mol. The van der Waals surface area contributed by atoms with Crippen molar-refractivity contribution >= 4 is 5.91 Å². The maximum absolute atomic E-state index is 13.0. The van der Waals surface area contributed by atoms with Gasteiger partial charge in [0, 0.05) is 19.3 Å². The van der Waals surface area contributed by atoms with E-state index in [9.17, 15) is 9.18 Å². The molecule has 0 aliphatic heterocycles. The molecule has 1 aromatic rings. The normalized spacial score (nSPS) is 11.4. The monoisotopic (exact) mass is 253 g/mol. The van der Waals surface area contributed by atoms with Crippen LogP contribution in [0.5, 0.6) is 0 Å². The number of hydrogen-bond donors (Lipinski definition) is 1. The number of pyridine rings is 1. The first-order valence-corrected chi connectivity index (χ1v) is 5.99. The predicted molar refractivity (Wildman–Crippen MR) is 68.6 cm³/mol. The number of nitrogens with zero attached hydrogens (tertiary/aromatic N) is 2. The van der Waals surface area contributed by atoms with Crippen molar-refractivity contribution in [2.45, 2.75) is 20.8 Å². The molecule has 1 amide bonds. The van der Waals surface area contributed by atoms with Gasteiger partial charge in [0.25, 0.3) is 5.91 Å². The van der Waals surface area contributed by atoms with E-state index in [0.29, 0.717) is 19.6 Å². The van der Waals surface area contributed by atoms with Crippen molar-refractivity contribution in [2.24, 2.45) is 11.1 Å². The Morgan fingerprint density at radius 3 is 2.67 bits per heavy atom. The maximum atomic E-state index is 13.0. The lowest BCUT2D eigenvalue weighted by Gasteiger charge is -2.31. The summed E-state index contributed by atoms with van der Waals surface area (Å²) < 4.78 is 13.0. The molecule has 2 N–H and O–H groups in total. The van der Waals surface area contributed by atoms with Crippen molar-refractivity contribution in [3.63, 3.8) is 0 Å². The Hall–Kier alpha value is -1.49. The van der Waals surface area contributed by atoms with E-state index in [1.165, 1.54) is 12.3 Å². The molecule has 0 unspecified atom stereocenters. The summed E-state index contributed by atoms with van der Waals surface area (Å²) in [7, 11) is 0. The molecule has 0 fully saturated rings. The lowest BCUT2D eigenvalue weighted by molar-refractivity contribution is 0.0700. The van der Waals surface area contributed by atoms with Gasteiger partial charge in [-0.3, -0.25) is 9.78 Å². The van der Waals surface area contributed by atoms with Gasteiger partial charge >= 0.3 is 0 Å². The summed E-state index contributed by atoms with van der Waals surface area (Å²) in [6, 6.07) is 1.20. The van der Waals surface area contributed by atoms with Gasteiger partial charge in [0.1, 0.15) is 5.82 Å². The Bertz CT molecular complexity index is 420. The zero-order chi connectivity index (χ0) is 13.8. The van der Waals surface area contributed by atoms with Crippen molar-refractivity contribution in [3.05, 3.63) is 29.8 Å². The summed E-state index contributed by atoms with van der Waals surface area (Å²) in [5, 5.41) is 0. The summed E-state index contributed by atoms with van der Waals surface area (Å²) in [6.07, 6.45) is 2.46. The van der Waals surface area contributed by atoms with E-state index in [-0.39, 0.29) is 16.9 Å². The first-order chi connectivity index (χ1) is 8.39. The predicted octanol–water partition coefficient (Wildman–Crippen LogP) is 1.67. The fourth-order valence-electron chi connectivity index (χ4n) is 1.62. The highest BCUT2D eigenvalue weighted by Gasteiger charge is 2.23. The SMILES string of the molecule is CCN(CC(C)(C)CN)C(=O)c1cncc(F)c1. The number of carbonyl (C=O) groups is 1. The fourth-order valence-corrected chi connectivity index (χ4v) is 1.62. The van der Waals surface area contributed by atoms with E-state index in [2.05, 4.69) is 4.98 Å². The van der Waals surface area contributed by atoms with Crippen molar-refractivity contribution in [1.82, 2.24) is 9.88 Å². The summed E-state index contributed by atoms with van der Waals surface area (Å²) in [5.74, 6) is -0.721. The number of rotatable bonds is 5. The topological polar surface area (TPSA) is 59.2 Å². The minimum Gasteiger partial charge on any atom is -0.338 e. The molecule has 1 aromatic heterocycles. The zero-order valence-corrected chi connectivity index (χ0v) is 11.1. The molecule has 0 aliphatic carbocycles. The lowest BCUT2D eigenvalue weighted by Crippen LogP contribution is -2.42. The molecule has 1 rings (SSSR count). The number of halogens is 1. The van der Waals surface area contributed by atoms with Crippen LogP contribution in [-0.4, -0.2) is 35.4 Å². The second-order valence-electron chi connectivity index (χ2n) is 5.08.